The molecule has 7 rings (SSSR count). The Hall–Kier alpha value is -5.58. The Morgan fingerprint density at radius 1 is 0.850 bits per heavy atom. The lowest BCUT2D eigenvalue weighted by Crippen LogP contribution is -2.57. The first-order valence-corrected chi connectivity index (χ1v) is 21.4. The molecule has 3 aromatic carbocycles. The van der Waals surface area contributed by atoms with Crippen LogP contribution in [0.15, 0.2) is 101 Å². The lowest BCUT2D eigenvalue weighted by Gasteiger charge is -2.32. The summed E-state index contributed by atoms with van der Waals surface area (Å²) in [6.45, 7) is 1.24. The smallest absolute Gasteiger partial charge is 0.245 e. The Bertz CT molecular complexity index is 2410. The van der Waals surface area contributed by atoms with E-state index in [2.05, 4.69) is 36.1 Å². The molecule has 4 heterocycles. The molecular formula is C44H50ClN11O3S. The number of nitrogens with zero attached hydrogens (tertiary/aromatic N) is 4. The van der Waals surface area contributed by atoms with Crippen molar-refractivity contribution in [2.75, 3.05) is 20.1 Å². The van der Waals surface area contributed by atoms with Gasteiger partial charge in [0.1, 0.15) is 23.4 Å². The lowest BCUT2D eigenvalue weighted by atomic mass is 9.97. The van der Waals surface area contributed by atoms with Crippen LogP contribution < -0.4 is 27.4 Å². The van der Waals surface area contributed by atoms with E-state index in [-0.39, 0.29) is 30.7 Å². The number of fused-ring (bicyclic) bond motifs is 3. The number of halogens is 1. The summed E-state index contributed by atoms with van der Waals surface area (Å²) in [5, 5.41) is 18.7. The Balaban J connectivity index is 1.33. The average molecular weight is 848 g/mol. The normalized spacial score (nSPS) is 18.1. The van der Waals surface area contributed by atoms with Crippen LogP contribution in [0.2, 0.25) is 5.02 Å². The number of rotatable bonds is 11. The SMILES string of the molecule is CN1C(=O)[C@H](CCCCN)NC(=O)[C@H](CCCN)NCc2cccnc2Sc2c(Cl)ccc(-c3ccc(-c4ncn[nH]4)cc3)c2CNC(=O)[C@@H]1Cc1c[nH]c2ccccc12. The summed E-state index contributed by atoms with van der Waals surface area (Å²) >= 11 is 8.48. The van der Waals surface area contributed by atoms with Gasteiger partial charge in [0.2, 0.25) is 17.7 Å². The fourth-order valence-electron chi connectivity index (χ4n) is 7.57. The average Bonchev–Trinajstić information content (AvgIpc) is 3.96. The van der Waals surface area contributed by atoms with Crippen LogP contribution in [-0.2, 0) is 33.9 Å². The molecule has 9 N–H and O–H groups in total. The summed E-state index contributed by atoms with van der Waals surface area (Å²) in [5.41, 5.74) is 17.8. The summed E-state index contributed by atoms with van der Waals surface area (Å²) in [5.74, 6) is -0.417. The molecule has 6 aromatic rings. The molecule has 0 saturated heterocycles. The maximum atomic E-state index is 14.8. The molecule has 0 unspecified atom stereocenters. The Kier molecular flexibility index (Phi) is 14.3. The standard InChI is InChI=1S/C44H50ClN11O3S/c1-56-38(22-30-24-49-35-10-3-2-9-32(30)35)42(58)51-25-33-31(27-13-15-28(16-14-27)40-52-26-53-55-40)17-18-34(45)39(33)60-43-29(8-7-21-48-43)23-50-36(12-6-20-47)41(57)54-37(44(56)59)11-4-5-19-46/h2-3,7-10,13-18,21,24,26,36-38,49-50H,4-6,11-12,19-20,22-23,25,46-47H2,1H3,(H,51,58)(H,54,57)(H,52,53,55)/t36-,37-,38-/m0/s1. The fourth-order valence-corrected chi connectivity index (χ4v) is 8.91. The number of carbonyl (C=O) groups excluding carboxylic acids is 3. The Labute approximate surface area is 358 Å². The molecule has 14 nitrogen and oxygen atoms in total. The second-order valence-electron chi connectivity index (χ2n) is 14.8. The molecule has 3 aromatic heterocycles. The predicted octanol–water partition coefficient (Wildman–Crippen LogP) is 5.33. The van der Waals surface area contributed by atoms with E-state index in [0.717, 1.165) is 44.3 Å². The van der Waals surface area contributed by atoms with E-state index in [1.165, 1.54) is 23.0 Å². The van der Waals surface area contributed by atoms with Gasteiger partial charge in [0, 0.05) is 60.3 Å². The Morgan fingerprint density at radius 2 is 1.63 bits per heavy atom. The number of hydrogen-bond acceptors (Lipinski definition) is 10. The summed E-state index contributed by atoms with van der Waals surface area (Å²) in [6.07, 6.45) is 7.95. The van der Waals surface area contributed by atoms with Gasteiger partial charge < -0.3 is 37.3 Å². The molecular weight excluding hydrogens is 798 g/mol. The largest absolute Gasteiger partial charge is 0.361 e. The third-order valence-electron chi connectivity index (χ3n) is 10.9. The Morgan fingerprint density at radius 3 is 2.42 bits per heavy atom. The first-order valence-electron chi connectivity index (χ1n) is 20.2. The zero-order valence-electron chi connectivity index (χ0n) is 33.4. The van der Waals surface area contributed by atoms with Gasteiger partial charge in [0.05, 0.1) is 11.1 Å². The number of carbonyl (C=O) groups is 3. The molecule has 0 radical (unpaired) electrons. The molecule has 3 atom stereocenters. The zero-order chi connectivity index (χ0) is 42.0. The zero-order valence-corrected chi connectivity index (χ0v) is 35.0. The van der Waals surface area contributed by atoms with Crippen molar-refractivity contribution in [1.29, 1.82) is 0 Å². The number of H-pyrrole nitrogens is 2. The summed E-state index contributed by atoms with van der Waals surface area (Å²) < 4.78 is 0. The van der Waals surface area contributed by atoms with Gasteiger partial charge in [-0.1, -0.05) is 78.0 Å². The lowest BCUT2D eigenvalue weighted by molar-refractivity contribution is -0.142. The molecule has 1 aliphatic heterocycles. The number of unbranched alkanes of at least 4 members (excludes halogenated alkanes) is 1. The van der Waals surface area contributed by atoms with Gasteiger partial charge in [0.25, 0.3) is 0 Å². The second-order valence-corrected chi connectivity index (χ2v) is 16.2. The maximum absolute atomic E-state index is 14.8. The van der Waals surface area contributed by atoms with Gasteiger partial charge >= 0.3 is 0 Å². The van der Waals surface area contributed by atoms with Crippen LogP contribution in [-0.4, -0.2) is 86.0 Å². The molecule has 312 valence electrons. The molecule has 0 spiro atoms. The molecule has 0 fully saturated rings. The van der Waals surface area contributed by atoms with Gasteiger partial charge in [-0.05, 0) is 91.2 Å². The van der Waals surface area contributed by atoms with Gasteiger partial charge in [0.15, 0.2) is 5.82 Å². The minimum Gasteiger partial charge on any atom is -0.361 e. The predicted molar refractivity (Wildman–Crippen MR) is 235 cm³/mol. The van der Waals surface area contributed by atoms with Gasteiger partial charge in [-0.3, -0.25) is 19.5 Å². The van der Waals surface area contributed by atoms with E-state index in [1.54, 1.807) is 13.2 Å². The topological polar surface area (TPSA) is 213 Å². The van der Waals surface area contributed by atoms with Gasteiger partial charge in [-0.25, -0.2) is 9.97 Å². The van der Waals surface area contributed by atoms with Crippen molar-refractivity contribution in [3.8, 4) is 22.5 Å². The van der Waals surface area contributed by atoms with Crippen LogP contribution in [0.3, 0.4) is 0 Å². The highest BCUT2D eigenvalue weighted by Crippen LogP contribution is 2.41. The number of nitrogens with two attached hydrogens (primary N) is 2. The molecule has 3 amide bonds. The molecule has 0 saturated carbocycles. The van der Waals surface area contributed by atoms with Crippen molar-refractivity contribution in [2.45, 2.75) is 79.7 Å². The minimum absolute atomic E-state index is 0.0889. The van der Waals surface area contributed by atoms with E-state index in [9.17, 15) is 14.4 Å². The van der Waals surface area contributed by atoms with Crippen LogP contribution in [0.1, 0.15) is 48.8 Å². The van der Waals surface area contributed by atoms with Crippen LogP contribution in [0.5, 0.6) is 0 Å². The molecule has 1 aliphatic rings. The number of nitrogens with one attached hydrogen (secondary N) is 5. The third kappa shape index (κ3) is 9.88. The molecule has 16 heteroatoms. The highest BCUT2D eigenvalue weighted by Gasteiger charge is 2.34. The number of hydrogen-bond donors (Lipinski definition) is 7. The fraction of sp³-hybridized carbons (Fsp3) is 0.318. The van der Waals surface area contributed by atoms with Crippen LogP contribution in [0.4, 0.5) is 0 Å². The van der Waals surface area contributed by atoms with Crippen molar-refractivity contribution < 1.29 is 14.4 Å². The first-order chi connectivity index (χ1) is 29.2. The number of pyridine rings is 1. The summed E-state index contributed by atoms with van der Waals surface area (Å²) in [7, 11) is 1.63. The molecule has 0 aliphatic carbocycles. The van der Waals surface area contributed by atoms with Gasteiger partial charge in [-0.2, -0.15) is 5.10 Å². The number of para-hydroxylation sites is 1. The minimum atomic E-state index is -0.949. The van der Waals surface area contributed by atoms with Crippen LogP contribution in [0, 0.1) is 0 Å². The van der Waals surface area contributed by atoms with Gasteiger partial charge in [-0.15, -0.1) is 0 Å². The number of likely N-dealkylation sites (N-methyl/N-ethyl adjacent to an activating group) is 1. The van der Waals surface area contributed by atoms with Crippen molar-refractivity contribution in [1.82, 2.24) is 46.0 Å². The van der Waals surface area contributed by atoms with Crippen molar-refractivity contribution in [2.24, 2.45) is 11.5 Å². The second kappa shape index (κ2) is 20.1. The maximum Gasteiger partial charge on any atom is 0.245 e. The number of aromatic nitrogens is 5. The number of amides is 3. The van der Waals surface area contributed by atoms with Crippen molar-refractivity contribution in [3.63, 3.8) is 0 Å². The third-order valence-corrected chi connectivity index (χ3v) is 12.6. The quantitative estimate of drug-likeness (QED) is 0.0833. The highest BCUT2D eigenvalue weighted by atomic mass is 35.5. The van der Waals surface area contributed by atoms with E-state index in [4.69, 9.17) is 28.1 Å². The van der Waals surface area contributed by atoms with Crippen LogP contribution in [0.25, 0.3) is 33.4 Å². The van der Waals surface area contributed by atoms with E-state index >= 15 is 0 Å². The van der Waals surface area contributed by atoms with E-state index in [0.29, 0.717) is 72.5 Å². The van der Waals surface area contributed by atoms with E-state index in [1.807, 2.05) is 79.0 Å². The van der Waals surface area contributed by atoms with Crippen molar-refractivity contribution >= 4 is 52.0 Å². The monoisotopic (exact) mass is 847 g/mol. The van der Waals surface area contributed by atoms with Crippen LogP contribution >= 0.6 is 23.4 Å². The summed E-state index contributed by atoms with van der Waals surface area (Å²) in [4.78, 5) is 58.2. The first kappa shape index (κ1) is 42.5. The molecule has 60 heavy (non-hydrogen) atoms. The van der Waals surface area contributed by atoms with E-state index < -0.39 is 18.1 Å². The highest BCUT2D eigenvalue weighted by molar-refractivity contribution is 7.99. The molecule has 0 bridgehead atoms. The summed E-state index contributed by atoms with van der Waals surface area (Å²) in [6, 6.07) is 20.9. The van der Waals surface area contributed by atoms with Crippen molar-refractivity contribution in [3.05, 3.63) is 113 Å². The number of benzene rings is 3. The number of aromatic amines is 2.